The van der Waals surface area contributed by atoms with Crippen molar-refractivity contribution in [1.82, 2.24) is 9.62 Å². The smallest absolute Gasteiger partial charge is 0.243 e. The fourth-order valence-corrected chi connectivity index (χ4v) is 4.77. The molecule has 0 spiro atoms. The van der Waals surface area contributed by atoms with Gasteiger partial charge < -0.3 is 5.32 Å². The first-order valence-electron chi connectivity index (χ1n) is 6.46. The molecule has 120 valence electrons. The van der Waals surface area contributed by atoms with Crippen molar-refractivity contribution in [1.29, 1.82) is 0 Å². The second-order valence-electron chi connectivity index (χ2n) is 5.11. The molecule has 1 saturated heterocycles. The Balaban J connectivity index is 0.00000220. The van der Waals surface area contributed by atoms with Crippen molar-refractivity contribution in [3.8, 4) is 0 Å². The summed E-state index contributed by atoms with van der Waals surface area (Å²) in [6, 6.07) is 2.60. The summed E-state index contributed by atoms with van der Waals surface area (Å²) in [5.74, 6) is -0.116. The van der Waals surface area contributed by atoms with Crippen molar-refractivity contribution < 1.29 is 12.8 Å². The average Bonchev–Trinajstić information content (AvgIpc) is 2.83. The third kappa shape index (κ3) is 3.96. The first-order valence-corrected chi connectivity index (χ1v) is 8.70. The third-order valence-electron chi connectivity index (χ3n) is 3.58. The van der Waals surface area contributed by atoms with E-state index in [0.717, 1.165) is 13.0 Å². The van der Waals surface area contributed by atoms with Gasteiger partial charge in [0, 0.05) is 13.1 Å². The van der Waals surface area contributed by atoms with Gasteiger partial charge in [0.05, 0.1) is 9.37 Å². The minimum Gasteiger partial charge on any atom is -0.319 e. The maximum atomic E-state index is 13.4. The lowest BCUT2D eigenvalue weighted by Crippen LogP contribution is -2.31. The van der Waals surface area contributed by atoms with Crippen LogP contribution >= 0.6 is 28.3 Å². The molecule has 1 N–H and O–H groups in total. The molecule has 0 saturated carbocycles. The molecular weight excluding hydrogens is 383 g/mol. The van der Waals surface area contributed by atoms with Crippen molar-refractivity contribution in [2.24, 2.45) is 5.92 Å². The lowest BCUT2D eigenvalue weighted by Gasteiger charge is -2.18. The summed E-state index contributed by atoms with van der Waals surface area (Å²) in [4.78, 5) is 0.177. The van der Waals surface area contributed by atoms with Gasteiger partial charge in [-0.25, -0.2) is 12.8 Å². The van der Waals surface area contributed by atoms with E-state index >= 15 is 0 Å². The lowest BCUT2D eigenvalue weighted by molar-refractivity contribution is 0.450. The second-order valence-corrected chi connectivity index (χ2v) is 7.87. The number of nitrogens with zero attached hydrogens (tertiary/aromatic N) is 1. The van der Waals surface area contributed by atoms with Gasteiger partial charge in [0.2, 0.25) is 10.0 Å². The zero-order valence-electron chi connectivity index (χ0n) is 11.9. The summed E-state index contributed by atoms with van der Waals surface area (Å²) in [7, 11) is -1.69. The van der Waals surface area contributed by atoms with Crippen molar-refractivity contribution in [2.45, 2.75) is 18.2 Å². The standard InChI is InChI=1S/C13H18BrFN2O2S.ClH/c1-9-5-12(15)11(14)6-13(9)20(18,19)17-4-3-10(8-17)7-16-2;/h5-6,10,16H,3-4,7-8H2,1-2H3;1H. The molecule has 21 heavy (non-hydrogen) atoms. The number of aryl methyl sites for hydroxylation is 1. The van der Waals surface area contributed by atoms with Crippen LogP contribution in [0.15, 0.2) is 21.5 Å². The van der Waals surface area contributed by atoms with Gasteiger partial charge in [-0.3, -0.25) is 0 Å². The summed E-state index contributed by atoms with van der Waals surface area (Å²) in [5.41, 5.74) is 0.433. The van der Waals surface area contributed by atoms with Crippen LogP contribution in [0.25, 0.3) is 0 Å². The molecule has 0 bridgehead atoms. The van der Waals surface area contributed by atoms with Gasteiger partial charge in [-0.1, -0.05) is 0 Å². The number of halogens is 3. The molecule has 0 aliphatic carbocycles. The van der Waals surface area contributed by atoms with Crippen LogP contribution < -0.4 is 5.32 Å². The Labute approximate surface area is 139 Å². The van der Waals surface area contributed by atoms with Gasteiger partial charge in [-0.2, -0.15) is 4.31 Å². The van der Waals surface area contributed by atoms with E-state index in [2.05, 4.69) is 21.2 Å². The molecular formula is C13H19BrClFN2O2S. The Morgan fingerprint density at radius 2 is 2.14 bits per heavy atom. The van der Waals surface area contributed by atoms with Crippen LogP contribution in [0.3, 0.4) is 0 Å². The van der Waals surface area contributed by atoms with Crippen LogP contribution in [0.4, 0.5) is 4.39 Å². The van der Waals surface area contributed by atoms with Gasteiger partial charge in [-0.15, -0.1) is 12.4 Å². The van der Waals surface area contributed by atoms with E-state index in [0.29, 0.717) is 24.6 Å². The van der Waals surface area contributed by atoms with Crippen LogP contribution in [0, 0.1) is 18.7 Å². The van der Waals surface area contributed by atoms with E-state index in [-0.39, 0.29) is 21.8 Å². The van der Waals surface area contributed by atoms with E-state index in [9.17, 15) is 12.8 Å². The monoisotopic (exact) mass is 400 g/mol. The van der Waals surface area contributed by atoms with E-state index in [1.54, 1.807) is 6.92 Å². The summed E-state index contributed by atoms with van der Waals surface area (Å²) in [6.07, 6.45) is 0.849. The van der Waals surface area contributed by atoms with E-state index in [4.69, 9.17) is 0 Å². The molecule has 8 heteroatoms. The maximum absolute atomic E-state index is 13.4. The molecule has 1 fully saturated rings. The van der Waals surface area contributed by atoms with E-state index in [1.165, 1.54) is 16.4 Å². The average molecular weight is 402 g/mol. The highest BCUT2D eigenvalue weighted by Gasteiger charge is 2.33. The van der Waals surface area contributed by atoms with Gasteiger partial charge in [0.25, 0.3) is 0 Å². The topological polar surface area (TPSA) is 49.4 Å². The normalized spacial score (nSPS) is 19.5. The molecule has 1 heterocycles. The number of nitrogens with one attached hydrogen (secondary N) is 1. The zero-order chi connectivity index (χ0) is 14.9. The quantitative estimate of drug-likeness (QED) is 0.843. The Morgan fingerprint density at radius 3 is 2.76 bits per heavy atom. The molecule has 2 rings (SSSR count). The number of benzene rings is 1. The van der Waals surface area contributed by atoms with Crippen molar-refractivity contribution >= 4 is 38.4 Å². The summed E-state index contributed by atoms with van der Waals surface area (Å²) >= 11 is 3.05. The first-order chi connectivity index (χ1) is 9.36. The SMILES string of the molecule is CNCC1CCN(S(=O)(=O)c2cc(Br)c(F)cc2C)C1.Cl. The zero-order valence-corrected chi connectivity index (χ0v) is 15.1. The number of rotatable bonds is 4. The molecule has 0 amide bonds. The number of sulfonamides is 1. The number of hydrogen-bond donors (Lipinski definition) is 1. The Bertz CT molecular complexity index is 612. The molecule has 1 aliphatic rings. The van der Waals surface area contributed by atoms with E-state index in [1.807, 2.05) is 7.05 Å². The summed E-state index contributed by atoms with van der Waals surface area (Å²) in [5, 5.41) is 3.07. The van der Waals surface area contributed by atoms with Gasteiger partial charge >= 0.3 is 0 Å². The molecule has 1 aliphatic heterocycles. The molecule has 0 radical (unpaired) electrons. The van der Waals surface area contributed by atoms with Crippen LogP contribution in [0.2, 0.25) is 0 Å². The predicted molar refractivity (Wildman–Crippen MR) is 86.9 cm³/mol. The predicted octanol–water partition coefficient (Wildman–Crippen LogP) is 2.55. The lowest BCUT2D eigenvalue weighted by atomic mass is 10.1. The first kappa shape index (κ1) is 18.8. The van der Waals surface area contributed by atoms with Gasteiger partial charge in [0.1, 0.15) is 5.82 Å². The molecule has 1 aromatic carbocycles. The Hall–Kier alpha value is -0.210. The highest BCUT2D eigenvalue weighted by molar-refractivity contribution is 9.10. The van der Waals surface area contributed by atoms with Crippen molar-refractivity contribution in [3.63, 3.8) is 0 Å². The van der Waals surface area contributed by atoms with Crippen molar-refractivity contribution in [3.05, 3.63) is 28.0 Å². The second kappa shape index (κ2) is 7.37. The van der Waals surface area contributed by atoms with Crippen molar-refractivity contribution in [2.75, 3.05) is 26.7 Å². The Kier molecular flexibility index (Phi) is 6.61. The molecule has 0 aromatic heterocycles. The van der Waals surface area contributed by atoms with Crippen LogP contribution in [0.1, 0.15) is 12.0 Å². The van der Waals surface area contributed by atoms with Gasteiger partial charge in [-0.05, 0) is 66.5 Å². The minimum absolute atomic E-state index is 0. The Morgan fingerprint density at radius 1 is 1.48 bits per heavy atom. The fraction of sp³-hybridized carbons (Fsp3) is 0.538. The maximum Gasteiger partial charge on any atom is 0.243 e. The third-order valence-corrected chi connectivity index (χ3v) is 6.19. The van der Waals surface area contributed by atoms with Crippen LogP contribution in [-0.2, 0) is 10.0 Å². The largest absolute Gasteiger partial charge is 0.319 e. The molecule has 1 atom stereocenters. The van der Waals surface area contributed by atoms with Crippen LogP contribution in [0.5, 0.6) is 0 Å². The summed E-state index contributed by atoms with van der Waals surface area (Å²) < 4.78 is 40.3. The molecule has 1 unspecified atom stereocenters. The highest BCUT2D eigenvalue weighted by Crippen LogP contribution is 2.29. The van der Waals surface area contributed by atoms with Gasteiger partial charge in [0.15, 0.2) is 0 Å². The summed E-state index contributed by atoms with van der Waals surface area (Å²) in [6.45, 7) is 3.45. The molecule has 1 aromatic rings. The minimum atomic E-state index is -3.55. The highest BCUT2D eigenvalue weighted by atomic mass is 79.9. The number of hydrogen-bond acceptors (Lipinski definition) is 3. The van der Waals surface area contributed by atoms with Crippen LogP contribution in [-0.4, -0.2) is 39.4 Å². The fourth-order valence-electron chi connectivity index (χ4n) is 2.52. The molecule has 4 nitrogen and oxygen atoms in total. The van der Waals surface area contributed by atoms with E-state index < -0.39 is 15.8 Å².